The first-order chi connectivity index (χ1) is 13.3. The molecule has 3 rings (SSSR count). The van der Waals surface area contributed by atoms with Gasteiger partial charge < -0.3 is 10.2 Å². The van der Waals surface area contributed by atoms with Crippen molar-refractivity contribution in [2.24, 2.45) is 5.92 Å². The lowest BCUT2D eigenvalue weighted by atomic mass is 9.86. The molecule has 1 aliphatic heterocycles. The zero-order valence-corrected chi connectivity index (χ0v) is 17.5. The summed E-state index contributed by atoms with van der Waals surface area (Å²) in [7, 11) is -3.85. The van der Waals surface area contributed by atoms with Gasteiger partial charge in [-0.15, -0.1) is 0 Å². The smallest absolute Gasteiger partial charge is 0.278 e. The average molecular weight is 413 g/mol. The van der Waals surface area contributed by atoms with Crippen molar-refractivity contribution in [3.63, 3.8) is 0 Å². The molecule has 6 nitrogen and oxygen atoms in total. The van der Waals surface area contributed by atoms with Crippen molar-refractivity contribution >= 4 is 15.9 Å². The number of piperazine rings is 1. The Labute approximate surface area is 167 Å². The predicted octanol–water partition coefficient (Wildman–Crippen LogP) is 0.798. The van der Waals surface area contributed by atoms with Crippen LogP contribution in [0, 0.1) is 11.7 Å². The Kier molecular flexibility index (Phi) is 6.73. The normalized spacial score (nSPS) is 26.0. The largest absolute Gasteiger partial charge is 0.348 e. The van der Waals surface area contributed by atoms with Gasteiger partial charge in [0.1, 0.15) is 10.7 Å². The van der Waals surface area contributed by atoms with Gasteiger partial charge in [0.2, 0.25) is 10.0 Å². The molecule has 1 aromatic carbocycles. The Bertz CT molecular complexity index is 794. The molecule has 8 heteroatoms. The van der Waals surface area contributed by atoms with Crippen LogP contribution in [0.4, 0.5) is 4.39 Å². The van der Waals surface area contributed by atoms with Gasteiger partial charge in [0.25, 0.3) is 5.91 Å². The van der Waals surface area contributed by atoms with Crippen LogP contribution in [-0.2, 0) is 14.8 Å². The molecule has 1 saturated carbocycles. The van der Waals surface area contributed by atoms with Crippen LogP contribution < -0.4 is 10.2 Å². The Morgan fingerprint density at radius 3 is 2.50 bits per heavy atom. The quantitative estimate of drug-likeness (QED) is 0.752. The van der Waals surface area contributed by atoms with Crippen LogP contribution in [0.3, 0.4) is 0 Å². The number of sulfonamides is 1. The van der Waals surface area contributed by atoms with Crippen LogP contribution in [0.15, 0.2) is 29.2 Å². The van der Waals surface area contributed by atoms with Gasteiger partial charge in [0.15, 0.2) is 6.04 Å². The van der Waals surface area contributed by atoms with Gasteiger partial charge >= 0.3 is 0 Å². The van der Waals surface area contributed by atoms with E-state index in [9.17, 15) is 17.6 Å². The molecule has 1 aromatic rings. The summed E-state index contributed by atoms with van der Waals surface area (Å²) < 4.78 is 40.7. The molecule has 1 aliphatic carbocycles. The highest BCUT2D eigenvalue weighted by atomic mass is 32.2. The number of carbonyl (C=O) groups is 1. The lowest BCUT2D eigenvalue weighted by Crippen LogP contribution is -3.19. The maximum Gasteiger partial charge on any atom is 0.278 e. The lowest BCUT2D eigenvalue weighted by Gasteiger charge is -2.35. The Morgan fingerprint density at radius 1 is 1.21 bits per heavy atom. The summed E-state index contributed by atoms with van der Waals surface area (Å²) in [5.74, 6) is -0.187. The summed E-state index contributed by atoms with van der Waals surface area (Å²) in [5.41, 5.74) is 0. The summed E-state index contributed by atoms with van der Waals surface area (Å²) in [6, 6.07) is 5.47. The number of quaternary nitrogens is 1. The number of nitrogens with one attached hydrogen (secondary N) is 2. The average Bonchev–Trinajstić information content (AvgIpc) is 2.69. The van der Waals surface area contributed by atoms with Crippen molar-refractivity contribution in [1.82, 2.24) is 9.62 Å². The molecule has 2 N–H and O–H groups in total. The fourth-order valence-electron chi connectivity index (χ4n) is 4.26. The number of benzene rings is 1. The predicted molar refractivity (Wildman–Crippen MR) is 105 cm³/mol. The monoisotopic (exact) mass is 412 g/mol. The van der Waals surface area contributed by atoms with E-state index >= 15 is 0 Å². The molecule has 28 heavy (non-hydrogen) atoms. The first-order valence-corrected chi connectivity index (χ1v) is 11.6. The molecule has 0 aromatic heterocycles. The summed E-state index contributed by atoms with van der Waals surface area (Å²) in [5, 5.41) is 3.20. The summed E-state index contributed by atoms with van der Waals surface area (Å²) in [4.78, 5) is 13.5. The number of nitrogens with zero attached hydrogens (tertiary/aromatic N) is 1. The number of hydrogen-bond donors (Lipinski definition) is 2. The van der Waals surface area contributed by atoms with Gasteiger partial charge in [-0.1, -0.05) is 31.9 Å². The molecule has 1 heterocycles. The van der Waals surface area contributed by atoms with Gasteiger partial charge in [-0.25, -0.2) is 12.8 Å². The van der Waals surface area contributed by atoms with Crippen molar-refractivity contribution < 1.29 is 22.5 Å². The number of rotatable bonds is 5. The highest BCUT2D eigenvalue weighted by Crippen LogP contribution is 2.23. The lowest BCUT2D eigenvalue weighted by molar-refractivity contribution is -0.917. The van der Waals surface area contributed by atoms with Gasteiger partial charge in [-0.3, -0.25) is 4.79 Å². The molecular weight excluding hydrogens is 381 g/mol. The van der Waals surface area contributed by atoms with E-state index in [1.807, 2.05) is 6.92 Å². The summed E-state index contributed by atoms with van der Waals surface area (Å²) in [6.45, 7) is 5.71. The van der Waals surface area contributed by atoms with E-state index in [4.69, 9.17) is 0 Å². The fraction of sp³-hybridized carbons (Fsp3) is 0.650. The molecule has 0 radical (unpaired) electrons. The van der Waals surface area contributed by atoms with Crippen LogP contribution in [0.25, 0.3) is 0 Å². The van der Waals surface area contributed by atoms with Crippen LogP contribution in [-0.4, -0.2) is 56.9 Å². The minimum Gasteiger partial charge on any atom is -0.348 e. The van der Waals surface area contributed by atoms with Crippen LogP contribution in [0.5, 0.6) is 0 Å². The molecule has 0 unspecified atom stereocenters. The molecule has 0 bridgehead atoms. The highest BCUT2D eigenvalue weighted by Gasteiger charge is 2.36. The molecule has 2 fully saturated rings. The molecule has 1 amide bonds. The molecule has 2 aliphatic rings. The Hall–Kier alpha value is -1.51. The van der Waals surface area contributed by atoms with Crippen LogP contribution >= 0.6 is 0 Å². The first kappa shape index (κ1) is 21.2. The summed E-state index contributed by atoms with van der Waals surface area (Å²) >= 11 is 0. The SMILES string of the molecule is C[C@H](C(=O)N[C@@H]1CCCC[C@@H]1C)[NH+]1CCN(S(=O)(=O)c2ccccc2F)CC1. The maximum absolute atomic E-state index is 13.9. The minimum absolute atomic E-state index is 0.0409. The van der Waals surface area contributed by atoms with Crippen molar-refractivity contribution in [3.05, 3.63) is 30.1 Å². The van der Waals surface area contributed by atoms with E-state index in [-0.39, 0.29) is 36.0 Å². The van der Waals surface area contributed by atoms with E-state index in [1.54, 1.807) is 0 Å². The number of halogens is 1. The van der Waals surface area contributed by atoms with Gasteiger partial charge in [0, 0.05) is 6.04 Å². The van der Waals surface area contributed by atoms with E-state index < -0.39 is 15.8 Å². The third-order valence-electron chi connectivity index (χ3n) is 6.26. The van der Waals surface area contributed by atoms with Crippen molar-refractivity contribution in [2.45, 2.75) is 56.5 Å². The molecule has 156 valence electrons. The van der Waals surface area contributed by atoms with E-state index in [2.05, 4.69) is 12.2 Å². The standard InChI is InChI=1S/C20H30FN3O3S/c1-15-7-3-5-9-18(15)22-20(25)16(2)23-11-13-24(14-12-23)28(26,27)19-10-6-4-8-17(19)21/h4,6,8,10,15-16,18H,3,5,7,9,11-14H2,1-2H3,(H,22,25)/p+1/t15-,16+,18+/m0/s1. The van der Waals surface area contributed by atoms with Crippen LogP contribution in [0.2, 0.25) is 0 Å². The highest BCUT2D eigenvalue weighted by molar-refractivity contribution is 7.89. The van der Waals surface area contributed by atoms with Gasteiger partial charge in [-0.2, -0.15) is 4.31 Å². The Morgan fingerprint density at radius 2 is 1.86 bits per heavy atom. The van der Waals surface area contributed by atoms with E-state index in [0.717, 1.165) is 30.2 Å². The van der Waals surface area contributed by atoms with Gasteiger partial charge in [-0.05, 0) is 37.8 Å². The minimum atomic E-state index is -3.85. The van der Waals surface area contributed by atoms with Crippen molar-refractivity contribution in [3.8, 4) is 0 Å². The second-order valence-corrected chi connectivity index (χ2v) is 10.00. The molecule has 3 atom stereocenters. The second kappa shape index (κ2) is 8.88. The van der Waals surface area contributed by atoms with E-state index in [0.29, 0.717) is 19.0 Å². The number of amides is 1. The van der Waals surface area contributed by atoms with Crippen molar-refractivity contribution in [1.29, 1.82) is 0 Å². The second-order valence-electron chi connectivity index (χ2n) is 8.09. The van der Waals surface area contributed by atoms with Gasteiger partial charge in [0.05, 0.1) is 26.2 Å². The molecule has 1 saturated heterocycles. The van der Waals surface area contributed by atoms with Crippen LogP contribution in [0.1, 0.15) is 39.5 Å². The Balaban J connectivity index is 1.57. The molecular formula is C20H31FN3O3S+. The maximum atomic E-state index is 13.9. The number of hydrogen-bond acceptors (Lipinski definition) is 3. The zero-order chi connectivity index (χ0) is 20.3. The first-order valence-electron chi connectivity index (χ1n) is 10.2. The number of carbonyl (C=O) groups excluding carboxylic acids is 1. The summed E-state index contributed by atoms with van der Waals surface area (Å²) in [6.07, 6.45) is 4.57. The zero-order valence-electron chi connectivity index (χ0n) is 16.7. The molecule has 0 spiro atoms. The van der Waals surface area contributed by atoms with Crippen molar-refractivity contribution in [2.75, 3.05) is 26.2 Å². The third-order valence-corrected chi connectivity index (χ3v) is 8.20. The fourth-order valence-corrected chi connectivity index (χ4v) is 5.77. The third kappa shape index (κ3) is 4.55. The van der Waals surface area contributed by atoms with E-state index in [1.165, 1.54) is 28.9 Å². The topological polar surface area (TPSA) is 70.9 Å².